The number of hydrogen-bond acceptors (Lipinski definition) is 4. The standard InChI is InChI=1S/C26H28ClF2N3O4/c1-2-35-13-4-12-31(26(34)30-21-10-11-24(29)23(27)15-21)18-25(33)32(17-22-5-3-14-36-22)16-19-6-8-20(28)9-7-19/h3,5-11,14-15H,2,4,12-13,16-18H2,1H3,(H,30,34). The van der Waals surface area contributed by atoms with Crippen molar-refractivity contribution < 1.29 is 27.5 Å². The maximum Gasteiger partial charge on any atom is 0.322 e. The van der Waals surface area contributed by atoms with Crippen LogP contribution in [0.1, 0.15) is 24.7 Å². The first-order valence-electron chi connectivity index (χ1n) is 11.5. The van der Waals surface area contributed by atoms with E-state index in [4.69, 9.17) is 20.8 Å². The minimum atomic E-state index is -0.604. The molecule has 3 aromatic rings. The number of halogens is 3. The molecule has 10 heteroatoms. The first-order valence-corrected chi connectivity index (χ1v) is 11.9. The number of nitrogens with one attached hydrogen (secondary N) is 1. The van der Waals surface area contributed by atoms with E-state index in [-0.39, 0.29) is 42.9 Å². The van der Waals surface area contributed by atoms with Crippen molar-refractivity contribution in [3.63, 3.8) is 0 Å². The largest absolute Gasteiger partial charge is 0.467 e. The molecule has 0 spiro atoms. The fourth-order valence-corrected chi connectivity index (χ4v) is 3.61. The summed E-state index contributed by atoms with van der Waals surface area (Å²) in [6, 6.07) is 12.6. The second-order valence-electron chi connectivity index (χ2n) is 7.99. The summed E-state index contributed by atoms with van der Waals surface area (Å²) in [5, 5.41) is 2.53. The third-order valence-electron chi connectivity index (χ3n) is 5.27. The van der Waals surface area contributed by atoms with Crippen molar-refractivity contribution in [1.82, 2.24) is 9.80 Å². The van der Waals surface area contributed by atoms with Gasteiger partial charge < -0.3 is 24.3 Å². The van der Waals surface area contributed by atoms with E-state index in [1.54, 1.807) is 24.3 Å². The Morgan fingerprint density at radius 1 is 1.06 bits per heavy atom. The number of amides is 3. The van der Waals surface area contributed by atoms with E-state index < -0.39 is 11.8 Å². The molecule has 0 bridgehead atoms. The van der Waals surface area contributed by atoms with Crippen LogP contribution in [0.25, 0.3) is 0 Å². The number of hydrogen-bond donors (Lipinski definition) is 1. The topological polar surface area (TPSA) is 75.0 Å². The number of ether oxygens (including phenoxy) is 1. The van der Waals surface area contributed by atoms with E-state index in [1.807, 2.05) is 6.92 Å². The Morgan fingerprint density at radius 3 is 2.50 bits per heavy atom. The molecule has 0 atom stereocenters. The van der Waals surface area contributed by atoms with Crippen LogP contribution in [0.2, 0.25) is 5.02 Å². The van der Waals surface area contributed by atoms with Gasteiger partial charge in [-0.1, -0.05) is 23.7 Å². The molecule has 192 valence electrons. The van der Waals surface area contributed by atoms with Gasteiger partial charge in [0.05, 0.1) is 17.8 Å². The molecule has 0 aliphatic carbocycles. The maximum atomic E-state index is 13.5. The quantitative estimate of drug-likeness (QED) is 0.311. The molecule has 1 N–H and O–H groups in total. The summed E-state index contributed by atoms with van der Waals surface area (Å²) in [5.41, 5.74) is 1.03. The van der Waals surface area contributed by atoms with Crippen LogP contribution < -0.4 is 5.32 Å². The van der Waals surface area contributed by atoms with Crippen molar-refractivity contribution in [1.29, 1.82) is 0 Å². The van der Waals surface area contributed by atoms with Crippen molar-refractivity contribution >= 4 is 29.2 Å². The molecule has 0 saturated heterocycles. The summed E-state index contributed by atoms with van der Waals surface area (Å²) in [6.07, 6.45) is 2.02. The lowest BCUT2D eigenvalue weighted by molar-refractivity contribution is -0.133. The average molecular weight is 520 g/mol. The predicted molar refractivity (Wildman–Crippen MR) is 132 cm³/mol. The van der Waals surface area contributed by atoms with Crippen LogP contribution in [0.15, 0.2) is 65.3 Å². The minimum Gasteiger partial charge on any atom is -0.467 e. The van der Waals surface area contributed by atoms with Gasteiger partial charge in [-0.25, -0.2) is 13.6 Å². The molecular weight excluding hydrogens is 492 g/mol. The highest BCUT2D eigenvalue weighted by Crippen LogP contribution is 2.20. The molecule has 0 aliphatic heterocycles. The minimum absolute atomic E-state index is 0.129. The summed E-state index contributed by atoms with van der Waals surface area (Å²) in [5.74, 6) is -0.744. The van der Waals surface area contributed by atoms with E-state index in [9.17, 15) is 18.4 Å². The van der Waals surface area contributed by atoms with E-state index in [1.165, 1.54) is 40.3 Å². The van der Waals surface area contributed by atoms with Crippen molar-refractivity contribution in [2.24, 2.45) is 0 Å². The molecule has 0 radical (unpaired) electrons. The Labute approximate surface area is 213 Å². The molecular formula is C26H28ClF2N3O4. The Balaban J connectivity index is 1.75. The second kappa shape index (κ2) is 13.6. The first-order chi connectivity index (χ1) is 17.4. The molecule has 3 rings (SSSR count). The SMILES string of the molecule is CCOCCCN(CC(=O)N(Cc1ccc(F)cc1)Cc1ccco1)C(=O)Nc1ccc(F)c(Cl)c1. The normalized spacial score (nSPS) is 10.8. The van der Waals surface area contributed by atoms with Crippen LogP contribution in [0.4, 0.5) is 19.3 Å². The highest BCUT2D eigenvalue weighted by atomic mass is 35.5. The Bertz CT molecular complexity index is 1130. The molecule has 0 unspecified atom stereocenters. The van der Waals surface area contributed by atoms with Gasteiger partial charge in [-0.2, -0.15) is 0 Å². The second-order valence-corrected chi connectivity index (χ2v) is 8.39. The molecule has 36 heavy (non-hydrogen) atoms. The molecule has 1 heterocycles. The lowest BCUT2D eigenvalue weighted by Gasteiger charge is -2.27. The van der Waals surface area contributed by atoms with E-state index in [0.29, 0.717) is 31.1 Å². The van der Waals surface area contributed by atoms with Gasteiger partial charge in [-0.15, -0.1) is 0 Å². The van der Waals surface area contributed by atoms with E-state index in [2.05, 4.69) is 5.32 Å². The number of benzene rings is 2. The first kappa shape index (κ1) is 27.2. The summed E-state index contributed by atoms with van der Waals surface area (Å²) in [7, 11) is 0. The number of carbonyl (C=O) groups is 2. The Morgan fingerprint density at radius 2 is 1.83 bits per heavy atom. The highest BCUT2D eigenvalue weighted by Gasteiger charge is 2.23. The zero-order valence-electron chi connectivity index (χ0n) is 19.9. The van der Waals surface area contributed by atoms with Crippen LogP contribution in [-0.4, -0.2) is 48.0 Å². The van der Waals surface area contributed by atoms with Gasteiger partial charge in [0.15, 0.2) is 0 Å². The number of urea groups is 1. The summed E-state index contributed by atoms with van der Waals surface area (Å²) in [4.78, 5) is 29.3. The highest BCUT2D eigenvalue weighted by molar-refractivity contribution is 6.31. The fourth-order valence-electron chi connectivity index (χ4n) is 3.43. The van der Waals surface area contributed by atoms with E-state index >= 15 is 0 Å². The van der Waals surface area contributed by atoms with Gasteiger partial charge in [0.2, 0.25) is 5.91 Å². The van der Waals surface area contributed by atoms with Gasteiger partial charge >= 0.3 is 6.03 Å². The smallest absolute Gasteiger partial charge is 0.322 e. The monoisotopic (exact) mass is 519 g/mol. The number of anilines is 1. The number of furan rings is 1. The van der Waals surface area contributed by atoms with E-state index in [0.717, 1.165) is 11.6 Å². The van der Waals surface area contributed by atoms with Crippen molar-refractivity contribution in [2.45, 2.75) is 26.4 Å². The van der Waals surface area contributed by atoms with Crippen LogP contribution in [0.3, 0.4) is 0 Å². The lowest BCUT2D eigenvalue weighted by atomic mass is 10.2. The van der Waals surface area contributed by atoms with Crippen LogP contribution >= 0.6 is 11.6 Å². The Hall–Kier alpha value is -3.43. The van der Waals surface area contributed by atoms with Crippen molar-refractivity contribution in [2.75, 3.05) is 31.6 Å². The maximum absolute atomic E-state index is 13.5. The van der Waals surface area contributed by atoms with Gasteiger partial charge in [-0.05, 0) is 61.4 Å². The third kappa shape index (κ3) is 8.35. The number of rotatable bonds is 12. The van der Waals surface area contributed by atoms with Gasteiger partial charge in [0.25, 0.3) is 0 Å². The molecule has 7 nitrogen and oxygen atoms in total. The summed E-state index contributed by atoms with van der Waals surface area (Å²) >= 11 is 5.83. The fraction of sp³-hybridized carbons (Fsp3) is 0.308. The van der Waals surface area contributed by atoms with Gasteiger partial charge in [0, 0.05) is 32.0 Å². The number of nitrogens with zero attached hydrogens (tertiary/aromatic N) is 2. The van der Waals surface area contributed by atoms with Crippen LogP contribution in [0, 0.1) is 11.6 Å². The number of carbonyl (C=O) groups excluding carboxylic acids is 2. The van der Waals surface area contributed by atoms with Crippen molar-refractivity contribution in [3.8, 4) is 0 Å². The van der Waals surface area contributed by atoms with Crippen molar-refractivity contribution in [3.05, 3.63) is 88.8 Å². The molecule has 3 amide bonds. The molecule has 1 aromatic heterocycles. The van der Waals surface area contributed by atoms with Crippen LogP contribution in [0.5, 0.6) is 0 Å². The summed E-state index contributed by atoms with van der Waals surface area (Å²) < 4.78 is 37.6. The van der Waals surface area contributed by atoms with Crippen LogP contribution in [-0.2, 0) is 22.6 Å². The predicted octanol–water partition coefficient (Wildman–Crippen LogP) is 5.70. The lowest BCUT2D eigenvalue weighted by Crippen LogP contribution is -2.44. The zero-order valence-corrected chi connectivity index (χ0v) is 20.6. The molecule has 0 saturated carbocycles. The molecule has 0 aliphatic rings. The average Bonchev–Trinajstić information content (AvgIpc) is 3.37. The zero-order chi connectivity index (χ0) is 25.9. The third-order valence-corrected chi connectivity index (χ3v) is 5.56. The van der Waals surface area contributed by atoms with Gasteiger partial charge in [0.1, 0.15) is 23.9 Å². The summed E-state index contributed by atoms with van der Waals surface area (Å²) in [6.45, 7) is 3.21. The Kier molecular flexibility index (Phi) is 10.3. The van der Waals surface area contributed by atoms with Gasteiger partial charge in [-0.3, -0.25) is 4.79 Å². The molecule has 0 fully saturated rings. The molecule has 2 aromatic carbocycles.